The summed E-state index contributed by atoms with van der Waals surface area (Å²) < 4.78 is 105. The van der Waals surface area contributed by atoms with Gasteiger partial charge < -0.3 is 39.1 Å². The van der Waals surface area contributed by atoms with Gasteiger partial charge in [0.05, 0.1) is 51.7 Å². The summed E-state index contributed by atoms with van der Waals surface area (Å²) in [7, 11) is 0. The molecule has 2 N–H and O–H groups in total. The van der Waals surface area contributed by atoms with Crippen molar-refractivity contribution in [3.8, 4) is 0 Å². The van der Waals surface area contributed by atoms with Crippen LogP contribution in [0.15, 0.2) is 182 Å². The molecule has 0 radical (unpaired) electrons. The Balaban J connectivity index is 0.000000173. The Morgan fingerprint density at radius 1 is 0.294 bits per heavy atom. The maximum Gasteiger partial charge on any atom is 0.471 e. The van der Waals surface area contributed by atoms with Crippen LogP contribution < -0.4 is 10.6 Å². The molecule has 0 bridgehead atoms. The highest BCUT2D eigenvalue weighted by atomic mass is 19.4. The van der Waals surface area contributed by atoms with Crippen molar-refractivity contribution in [2.75, 3.05) is 39.6 Å². The first-order chi connectivity index (χ1) is 47.9. The van der Waals surface area contributed by atoms with Crippen LogP contribution in [0.1, 0.15) is 103 Å². The molecule has 0 spiro atoms. The lowest BCUT2D eigenvalue weighted by atomic mass is 9.90. The highest BCUT2D eigenvalue weighted by Crippen LogP contribution is 2.36. The fourth-order valence-electron chi connectivity index (χ4n) is 11.2. The minimum Gasteiger partial charge on any atom is -0.362 e. The van der Waals surface area contributed by atoms with E-state index in [2.05, 4.69) is 48.5 Å². The number of nitrogens with one attached hydrogen (secondary N) is 2. The number of rotatable bonds is 26. The number of ketones is 6. The molecule has 6 saturated heterocycles. The lowest BCUT2D eigenvalue weighted by molar-refractivity contribution is -0.174. The van der Waals surface area contributed by atoms with Crippen molar-refractivity contribution in [3.63, 3.8) is 0 Å². The van der Waals surface area contributed by atoms with E-state index in [1.54, 1.807) is 71.3 Å². The van der Waals surface area contributed by atoms with Gasteiger partial charge in [0, 0.05) is 23.7 Å². The number of Topliss-reactive ketones (excluding diaryl/α,β-unsaturated/α-hetero) is 6. The number of benzene rings is 6. The second-order valence-corrected chi connectivity index (χ2v) is 28.1. The molecule has 2 amide bonds. The summed E-state index contributed by atoms with van der Waals surface area (Å²) in [6.07, 6.45) is -6.86. The molecule has 6 aliphatic rings. The maximum absolute atomic E-state index is 12.4. The number of hydrogen-bond acceptors (Lipinski definition) is 14. The maximum atomic E-state index is 12.4. The Hall–Kier alpha value is -8.38. The predicted octanol–water partition coefficient (Wildman–Crippen LogP) is 12.2. The normalized spacial score (nSPS) is 24.5. The number of halogens is 6. The van der Waals surface area contributed by atoms with Crippen LogP contribution in [-0.4, -0.2) is 144 Å². The van der Waals surface area contributed by atoms with Crippen molar-refractivity contribution in [1.29, 1.82) is 0 Å². The fourth-order valence-corrected chi connectivity index (χ4v) is 11.2. The van der Waals surface area contributed by atoms with Gasteiger partial charge in [-0.25, -0.2) is 0 Å². The van der Waals surface area contributed by atoms with Gasteiger partial charge in [-0.3, -0.25) is 38.4 Å². The first-order valence-electron chi connectivity index (χ1n) is 34.0. The smallest absolute Gasteiger partial charge is 0.362 e. The number of carbonyl (C=O) groups excluding carboxylic acids is 8. The molecule has 22 heteroatoms. The lowest BCUT2D eigenvalue weighted by Crippen LogP contribution is -2.51. The molecule has 6 aliphatic heterocycles. The Morgan fingerprint density at radius 2 is 0.441 bits per heavy atom. The van der Waals surface area contributed by atoms with Crippen molar-refractivity contribution in [3.05, 3.63) is 215 Å². The molecule has 12 atom stereocenters. The average Bonchev–Trinajstić information content (AvgIpc) is 1.69. The van der Waals surface area contributed by atoms with Crippen LogP contribution in [0.3, 0.4) is 0 Å². The van der Waals surface area contributed by atoms with Gasteiger partial charge in [-0.1, -0.05) is 210 Å². The Kier molecular flexibility index (Phi) is 27.6. The third-order valence-corrected chi connectivity index (χ3v) is 18.2. The number of ether oxygens (including phenoxy) is 6. The quantitative estimate of drug-likeness (QED) is 0.0380. The van der Waals surface area contributed by atoms with E-state index in [4.69, 9.17) is 28.4 Å². The molecule has 548 valence electrons. The zero-order valence-electron chi connectivity index (χ0n) is 59.3. The topological polar surface area (TPSA) is 236 Å². The van der Waals surface area contributed by atoms with Crippen molar-refractivity contribution >= 4 is 46.5 Å². The monoisotopic (exact) mass is 1420 g/mol. The third-order valence-electron chi connectivity index (χ3n) is 18.2. The minimum atomic E-state index is -5.03. The number of carbonyl (C=O) groups is 8. The molecule has 16 nitrogen and oxygen atoms in total. The van der Waals surface area contributed by atoms with Crippen LogP contribution in [0.2, 0.25) is 0 Å². The molecular weight excluding hydrogens is 1330 g/mol. The highest BCUT2D eigenvalue weighted by molar-refractivity contribution is 5.98. The molecule has 12 rings (SSSR count). The summed E-state index contributed by atoms with van der Waals surface area (Å²) in [6.45, 7) is 21.0. The van der Waals surface area contributed by atoms with Crippen LogP contribution in [-0.2, 0) is 105 Å². The number of alkyl halides is 6. The van der Waals surface area contributed by atoms with Crippen LogP contribution >= 0.6 is 0 Å². The summed E-state index contributed by atoms with van der Waals surface area (Å²) >= 11 is 0. The third kappa shape index (κ3) is 25.0. The van der Waals surface area contributed by atoms with Gasteiger partial charge >= 0.3 is 24.2 Å². The van der Waals surface area contributed by atoms with Gasteiger partial charge in [0.2, 0.25) is 0 Å². The largest absolute Gasteiger partial charge is 0.471 e. The van der Waals surface area contributed by atoms with Crippen LogP contribution in [0.5, 0.6) is 0 Å². The van der Waals surface area contributed by atoms with E-state index in [0.29, 0.717) is 37.6 Å². The Bertz CT molecular complexity index is 3370. The van der Waals surface area contributed by atoms with Gasteiger partial charge in [0.15, 0.2) is 34.7 Å². The molecule has 6 heterocycles. The number of amides is 2. The van der Waals surface area contributed by atoms with Crippen LogP contribution in [0.4, 0.5) is 26.3 Å². The van der Waals surface area contributed by atoms with E-state index in [-0.39, 0.29) is 72.9 Å². The van der Waals surface area contributed by atoms with E-state index in [9.17, 15) is 64.7 Å². The SMILES string of the molecule is C[C@@H](Cc1ccccc1)C(=O)[C@@]1(C)CO1.C[C@@H](Cc1ccccc1)C(=O)[C@@]1(C)CO1.C[C@@H](Cc1ccccc1)C(=O)[C@]1(C)CO1.C[C@@H](Cc1ccccc1)C(=O)[C@]1(C)CO1.C[C@@]1(C(=O)[C@H](Cc2ccccc2)NC(=O)C(F)(F)F)CO1.C[C@]1(C(=O)[C@H](Cc2ccccc2)NC(=O)C(F)(F)F)CO1. The van der Waals surface area contributed by atoms with Crippen molar-refractivity contribution in [2.45, 2.75) is 166 Å². The van der Waals surface area contributed by atoms with E-state index in [0.717, 1.165) is 25.7 Å². The molecule has 6 fully saturated rings. The summed E-state index contributed by atoms with van der Waals surface area (Å²) in [4.78, 5) is 94.2. The van der Waals surface area contributed by atoms with E-state index in [1.165, 1.54) is 36.1 Å². The fraction of sp³-hybridized carbons (Fsp3) is 0.450. The second kappa shape index (κ2) is 34.7. The van der Waals surface area contributed by atoms with E-state index in [1.807, 2.05) is 128 Å². The standard InChI is InChI=1S/2C14H14F3NO3.4C13H16O2/c2*1-13(8-21-13)11(19)10(18-12(20)14(15,16)17)7-9-5-3-2-4-6-9;4*1-10(12(14)13(2)9-15-13)8-11-6-4-3-5-7-11/h2*2-6,10H,7-8H2,1H3,(H,18,20);4*3-7,10H,8-9H2,1-2H3/t10-,13+;10-,13-;2*10-,13+;2*10-,13-/m000000/s1. The molecule has 6 aromatic rings. The molecule has 0 saturated carbocycles. The number of hydrogen-bond donors (Lipinski definition) is 2. The first kappa shape index (κ1) is 80.9. The first-order valence-corrected chi connectivity index (χ1v) is 34.0. The minimum absolute atomic E-state index is 0.0134. The zero-order valence-corrected chi connectivity index (χ0v) is 59.3. The Morgan fingerprint density at radius 3 is 0.588 bits per heavy atom. The van der Waals surface area contributed by atoms with Gasteiger partial charge in [0.25, 0.3) is 0 Å². The molecular formula is C80H92F6N2O14. The summed E-state index contributed by atoms with van der Waals surface area (Å²) in [5, 5.41) is 3.52. The van der Waals surface area contributed by atoms with E-state index >= 15 is 0 Å². The van der Waals surface area contributed by atoms with E-state index < -0.39 is 81.4 Å². The molecule has 0 aliphatic carbocycles. The predicted molar refractivity (Wildman–Crippen MR) is 370 cm³/mol. The van der Waals surface area contributed by atoms with Crippen molar-refractivity contribution in [1.82, 2.24) is 10.6 Å². The van der Waals surface area contributed by atoms with Crippen molar-refractivity contribution < 1.29 is 93.1 Å². The van der Waals surface area contributed by atoms with Gasteiger partial charge in [-0.2, -0.15) is 26.3 Å². The molecule has 6 aromatic carbocycles. The molecule has 102 heavy (non-hydrogen) atoms. The Labute approximate surface area is 592 Å². The van der Waals surface area contributed by atoms with Gasteiger partial charge in [-0.05, 0) is 113 Å². The lowest BCUT2D eigenvalue weighted by Gasteiger charge is -2.20. The summed E-state index contributed by atoms with van der Waals surface area (Å²) in [6, 6.07) is 54.9. The summed E-state index contributed by atoms with van der Waals surface area (Å²) in [5.41, 5.74) is 2.04. The molecule has 0 unspecified atom stereocenters. The van der Waals surface area contributed by atoms with Crippen LogP contribution in [0, 0.1) is 23.7 Å². The second-order valence-electron chi connectivity index (χ2n) is 28.1. The summed E-state index contributed by atoms with van der Waals surface area (Å²) in [5.74, 6) is -4.27. The average molecular weight is 1420 g/mol. The molecule has 0 aromatic heterocycles. The zero-order chi connectivity index (χ0) is 74.9. The number of epoxide rings is 6. The van der Waals surface area contributed by atoms with Gasteiger partial charge in [0.1, 0.15) is 33.6 Å². The van der Waals surface area contributed by atoms with Gasteiger partial charge in [-0.15, -0.1) is 0 Å². The van der Waals surface area contributed by atoms with Crippen molar-refractivity contribution in [2.24, 2.45) is 23.7 Å². The van der Waals surface area contributed by atoms with Crippen LogP contribution in [0.25, 0.3) is 0 Å². The highest BCUT2D eigenvalue weighted by Gasteiger charge is 2.54.